The minimum absolute atomic E-state index is 0.0349. The summed E-state index contributed by atoms with van der Waals surface area (Å²) < 4.78 is 26.5. The van der Waals surface area contributed by atoms with Crippen molar-refractivity contribution < 1.29 is 18.3 Å². The Bertz CT molecular complexity index is 768. The number of aromatic carboxylic acids is 1. The predicted octanol–water partition coefficient (Wildman–Crippen LogP) is 3.21. The molecule has 106 valence electrons. The van der Waals surface area contributed by atoms with E-state index in [0.717, 1.165) is 23.0 Å². The quantitative estimate of drug-likeness (QED) is 0.901. The summed E-state index contributed by atoms with van der Waals surface area (Å²) in [6, 6.07) is 5.89. The molecule has 0 aliphatic carbocycles. The molecule has 8 heteroatoms. The van der Waals surface area contributed by atoms with E-state index in [0.29, 0.717) is 10.7 Å². The molecular weight excluding hydrogens is 322 g/mol. The third-order valence-corrected chi connectivity index (χ3v) is 5.36. The molecule has 0 atom stereocenters. The largest absolute Gasteiger partial charge is 0.477 e. The van der Waals surface area contributed by atoms with Gasteiger partial charge in [-0.25, -0.2) is 13.2 Å². The number of nitrogens with one attached hydrogen (secondary N) is 1. The highest BCUT2D eigenvalue weighted by atomic mass is 35.5. The molecule has 0 aliphatic heterocycles. The van der Waals surface area contributed by atoms with Crippen molar-refractivity contribution in [1.82, 2.24) is 0 Å². The Morgan fingerprint density at radius 1 is 1.35 bits per heavy atom. The molecule has 0 saturated heterocycles. The number of thiophene rings is 1. The Balaban J connectivity index is 2.30. The van der Waals surface area contributed by atoms with E-state index in [2.05, 4.69) is 4.72 Å². The fraction of sp³-hybridized carbons (Fsp3) is 0.0833. The zero-order valence-corrected chi connectivity index (χ0v) is 12.6. The molecule has 0 saturated carbocycles. The van der Waals surface area contributed by atoms with Gasteiger partial charge in [0.2, 0.25) is 0 Å². The van der Waals surface area contributed by atoms with Crippen LogP contribution in [-0.4, -0.2) is 19.5 Å². The zero-order valence-electron chi connectivity index (χ0n) is 10.3. The maximum Gasteiger partial charge on any atom is 0.345 e. The van der Waals surface area contributed by atoms with E-state index in [1.54, 1.807) is 19.1 Å². The smallest absolute Gasteiger partial charge is 0.345 e. The van der Waals surface area contributed by atoms with Crippen LogP contribution in [0.25, 0.3) is 0 Å². The van der Waals surface area contributed by atoms with Gasteiger partial charge >= 0.3 is 5.97 Å². The van der Waals surface area contributed by atoms with E-state index >= 15 is 0 Å². The Kier molecular flexibility index (Phi) is 4.03. The normalized spacial score (nSPS) is 11.3. The lowest BCUT2D eigenvalue weighted by Crippen LogP contribution is -2.12. The van der Waals surface area contributed by atoms with Crippen LogP contribution in [0, 0.1) is 6.92 Å². The van der Waals surface area contributed by atoms with Crippen LogP contribution in [-0.2, 0) is 10.0 Å². The lowest BCUT2D eigenvalue weighted by Gasteiger charge is -2.07. The van der Waals surface area contributed by atoms with Crippen LogP contribution in [0.1, 0.15) is 15.2 Å². The molecule has 20 heavy (non-hydrogen) atoms. The lowest BCUT2D eigenvalue weighted by atomic mass is 10.2. The number of benzene rings is 1. The molecule has 0 bridgehead atoms. The summed E-state index contributed by atoms with van der Waals surface area (Å²) >= 11 is 6.78. The predicted molar refractivity (Wildman–Crippen MR) is 78.3 cm³/mol. The maximum absolute atomic E-state index is 12.1. The van der Waals surface area contributed by atoms with Crippen molar-refractivity contribution >= 4 is 44.6 Å². The van der Waals surface area contributed by atoms with Crippen molar-refractivity contribution in [3.05, 3.63) is 45.1 Å². The van der Waals surface area contributed by atoms with Gasteiger partial charge < -0.3 is 5.11 Å². The van der Waals surface area contributed by atoms with Crippen LogP contribution in [0.15, 0.2) is 34.5 Å². The molecule has 1 aromatic heterocycles. The molecule has 0 spiro atoms. The number of rotatable bonds is 4. The molecule has 2 rings (SSSR count). The van der Waals surface area contributed by atoms with Crippen LogP contribution in [0.2, 0.25) is 5.02 Å². The molecule has 0 amide bonds. The summed E-state index contributed by atoms with van der Waals surface area (Å²) in [4.78, 5) is 10.6. The van der Waals surface area contributed by atoms with Crippen molar-refractivity contribution in [3.8, 4) is 0 Å². The van der Waals surface area contributed by atoms with Crippen LogP contribution in [0.3, 0.4) is 0 Å². The lowest BCUT2D eigenvalue weighted by molar-refractivity contribution is 0.0702. The first-order chi connectivity index (χ1) is 9.29. The van der Waals surface area contributed by atoms with E-state index in [9.17, 15) is 13.2 Å². The molecule has 2 N–H and O–H groups in total. The third-order valence-electron chi connectivity index (χ3n) is 2.52. The molecule has 2 aromatic rings. The summed E-state index contributed by atoms with van der Waals surface area (Å²) in [5.41, 5.74) is 1.15. The first-order valence-corrected chi connectivity index (χ1v) is 8.14. The van der Waals surface area contributed by atoms with Crippen LogP contribution in [0.4, 0.5) is 5.69 Å². The van der Waals surface area contributed by atoms with E-state index in [4.69, 9.17) is 16.7 Å². The van der Waals surface area contributed by atoms with E-state index < -0.39 is 16.0 Å². The van der Waals surface area contributed by atoms with E-state index in [1.807, 2.05) is 0 Å². The minimum atomic E-state index is -3.82. The van der Waals surface area contributed by atoms with Crippen LogP contribution in [0.5, 0.6) is 0 Å². The van der Waals surface area contributed by atoms with Gasteiger partial charge in [-0.2, -0.15) is 0 Å². The summed E-state index contributed by atoms with van der Waals surface area (Å²) in [5, 5.41) is 10.5. The number of halogens is 1. The second-order valence-corrected chi connectivity index (χ2v) is 7.02. The topological polar surface area (TPSA) is 83.5 Å². The highest BCUT2D eigenvalue weighted by Crippen LogP contribution is 2.24. The standard InChI is InChI=1S/C12H10ClNO4S2/c1-7-2-3-8(4-10(7)13)14-20(17,18)9-5-11(12(15)16)19-6-9/h2-6,14H,1H3,(H,15,16). The molecule has 0 unspecified atom stereocenters. The molecule has 0 fully saturated rings. The molecule has 1 heterocycles. The van der Waals surface area contributed by atoms with Gasteiger partial charge in [0.05, 0.1) is 10.6 Å². The fourth-order valence-corrected chi connectivity index (χ4v) is 3.78. The SMILES string of the molecule is Cc1ccc(NS(=O)(=O)c2csc(C(=O)O)c2)cc1Cl. The third kappa shape index (κ3) is 3.12. The highest BCUT2D eigenvalue weighted by molar-refractivity contribution is 7.92. The van der Waals surface area contributed by atoms with Crippen molar-refractivity contribution in [2.45, 2.75) is 11.8 Å². The van der Waals surface area contributed by atoms with Crippen molar-refractivity contribution in [1.29, 1.82) is 0 Å². The van der Waals surface area contributed by atoms with Gasteiger partial charge in [-0.05, 0) is 30.7 Å². The number of aryl methyl sites for hydroxylation is 1. The summed E-state index contributed by atoms with van der Waals surface area (Å²) in [6.07, 6.45) is 0. The summed E-state index contributed by atoms with van der Waals surface area (Å²) in [7, 11) is -3.82. The molecular formula is C12H10ClNO4S2. The van der Waals surface area contributed by atoms with E-state index in [-0.39, 0.29) is 9.77 Å². The number of carbonyl (C=O) groups is 1. The Labute approximate surface area is 124 Å². The van der Waals surface area contributed by atoms with Crippen LogP contribution >= 0.6 is 22.9 Å². The first-order valence-electron chi connectivity index (χ1n) is 5.40. The second kappa shape index (κ2) is 5.43. The first kappa shape index (κ1) is 14.8. The summed E-state index contributed by atoms with van der Waals surface area (Å²) in [5.74, 6) is -1.16. The Morgan fingerprint density at radius 3 is 2.60 bits per heavy atom. The van der Waals surface area contributed by atoms with E-state index in [1.165, 1.54) is 11.4 Å². The number of hydrogen-bond donors (Lipinski definition) is 2. The molecule has 0 radical (unpaired) electrons. The molecule has 0 aliphatic rings. The second-order valence-electron chi connectivity index (χ2n) is 4.02. The summed E-state index contributed by atoms with van der Waals surface area (Å²) in [6.45, 7) is 1.80. The van der Waals surface area contributed by atoms with Gasteiger partial charge in [-0.1, -0.05) is 17.7 Å². The average molecular weight is 332 g/mol. The number of carboxylic acid groups (broad SMARTS) is 1. The van der Waals surface area contributed by atoms with Gasteiger partial charge in [0, 0.05) is 10.4 Å². The number of sulfonamides is 1. The number of anilines is 1. The van der Waals surface area contributed by atoms with Crippen molar-refractivity contribution in [2.24, 2.45) is 0 Å². The van der Waals surface area contributed by atoms with Crippen molar-refractivity contribution in [2.75, 3.05) is 4.72 Å². The number of hydrogen-bond acceptors (Lipinski definition) is 4. The Hall–Kier alpha value is -1.57. The average Bonchev–Trinajstić information content (AvgIpc) is 2.84. The zero-order chi connectivity index (χ0) is 14.9. The van der Waals surface area contributed by atoms with Gasteiger partial charge in [0.15, 0.2) is 0 Å². The monoisotopic (exact) mass is 331 g/mol. The minimum Gasteiger partial charge on any atom is -0.477 e. The number of carboxylic acids is 1. The van der Waals surface area contributed by atoms with Gasteiger partial charge in [-0.3, -0.25) is 4.72 Å². The molecule has 1 aromatic carbocycles. The Morgan fingerprint density at radius 2 is 2.05 bits per heavy atom. The van der Waals surface area contributed by atoms with Crippen LogP contribution < -0.4 is 4.72 Å². The van der Waals surface area contributed by atoms with Gasteiger partial charge in [0.25, 0.3) is 10.0 Å². The highest BCUT2D eigenvalue weighted by Gasteiger charge is 2.18. The van der Waals surface area contributed by atoms with Gasteiger partial charge in [0.1, 0.15) is 4.88 Å². The van der Waals surface area contributed by atoms with Crippen molar-refractivity contribution in [3.63, 3.8) is 0 Å². The van der Waals surface area contributed by atoms with Gasteiger partial charge in [-0.15, -0.1) is 11.3 Å². The molecule has 5 nitrogen and oxygen atoms in total. The maximum atomic E-state index is 12.1. The fourth-order valence-electron chi connectivity index (χ4n) is 1.44.